The first kappa shape index (κ1) is 23.0. The molecular formula is C29H30N4O2. The first-order valence-electron chi connectivity index (χ1n) is 12.2. The molecule has 0 atom stereocenters. The van der Waals surface area contributed by atoms with E-state index in [9.17, 15) is 9.59 Å². The molecule has 0 bridgehead atoms. The molecule has 35 heavy (non-hydrogen) atoms. The summed E-state index contributed by atoms with van der Waals surface area (Å²) in [6.45, 7) is 2.98. The summed E-state index contributed by atoms with van der Waals surface area (Å²) >= 11 is 0. The third-order valence-electron chi connectivity index (χ3n) is 7.01. The van der Waals surface area contributed by atoms with Crippen molar-refractivity contribution < 1.29 is 9.59 Å². The average molecular weight is 467 g/mol. The molecule has 2 fully saturated rings. The van der Waals surface area contributed by atoms with E-state index in [0.29, 0.717) is 19.4 Å². The van der Waals surface area contributed by atoms with Gasteiger partial charge in [0.05, 0.1) is 12.2 Å². The molecule has 3 aromatic rings. The van der Waals surface area contributed by atoms with Gasteiger partial charge in [-0.15, -0.1) is 0 Å². The number of hydrogen-bond donors (Lipinski definition) is 0. The van der Waals surface area contributed by atoms with Crippen LogP contribution in [-0.4, -0.2) is 56.8 Å². The van der Waals surface area contributed by atoms with Crippen molar-refractivity contribution in [2.45, 2.75) is 31.5 Å². The highest BCUT2D eigenvalue weighted by Gasteiger charge is 2.57. The fraction of sp³-hybridized carbons (Fsp3) is 0.276. The van der Waals surface area contributed by atoms with Crippen LogP contribution in [0.5, 0.6) is 0 Å². The number of imide groups is 1. The number of carbonyl (C=O) groups is 2. The third kappa shape index (κ3) is 4.88. The molecule has 6 nitrogen and oxygen atoms in total. The standard InChI is InChI=1S/C29H30N4O2/c34-27-29(16-20-31(21-17-29)19-9-14-24-10-3-1-4-11-24)33(22-25-12-5-2-6-13-25)28(35)32(27)23-26-15-7-8-18-30-26/h1-15,18H,16-17,19-23H2. The van der Waals surface area contributed by atoms with Crippen molar-refractivity contribution in [2.75, 3.05) is 19.6 Å². The van der Waals surface area contributed by atoms with Gasteiger partial charge in [-0.2, -0.15) is 0 Å². The van der Waals surface area contributed by atoms with Gasteiger partial charge in [-0.1, -0.05) is 78.9 Å². The number of hydrogen-bond acceptors (Lipinski definition) is 4. The topological polar surface area (TPSA) is 56.8 Å². The minimum absolute atomic E-state index is 0.0939. The van der Waals surface area contributed by atoms with Gasteiger partial charge < -0.3 is 4.90 Å². The number of carbonyl (C=O) groups excluding carboxylic acids is 2. The minimum atomic E-state index is -0.804. The van der Waals surface area contributed by atoms with E-state index in [1.165, 1.54) is 10.5 Å². The molecule has 6 heteroatoms. The number of urea groups is 1. The molecule has 2 aliphatic heterocycles. The second-order valence-electron chi connectivity index (χ2n) is 9.21. The van der Waals surface area contributed by atoms with Crippen LogP contribution in [0.25, 0.3) is 6.08 Å². The number of piperidine rings is 1. The predicted octanol–water partition coefficient (Wildman–Crippen LogP) is 4.59. The zero-order chi connectivity index (χ0) is 24.1. The SMILES string of the molecule is O=C1N(Cc2ccccn2)C(=O)C2(CCN(CC=Cc3ccccc3)CC2)N1Cc1ccccc1. The van der Waals surface area contributed by atoms with E-state index in [-0.39, 0.29) is 18.5 Å². The van der Waals surface area contributed by atoms with Gasteiger partial charge in [-0.25, -0.2) is 4.79 Å². The van der Waals surface area contributed by atoms with Crippen LogP contribution in [0.15, 0.2) is 91.1 Å². The predicted molar refractivity (Wildman–Crippen MR) is 136 cm³/mol. The largest absolute Gasteiger partial charge is 0.328 e. The maximum absolute atomic E-state index is 13.8. The highest BCUT2D eigenvalue weighted by atomic mass is 16.2. The van der Waals surface area contributed by atoms with Crippen LogP contribution in [0.3, 0.4) is 0 Å². The van der Waals surface area contributed by atoms with Crippen LogP contribution >= 0.6 is 0 Å². The Kier molecular flexibility index (Phi) is 6.73. The lowest BCUT2D eigenvalue weighted by atomic mass is 9.85. The van der Waals surface area contributed by atoms with E-state index in [4.69, 9.17) is 0 Å². The third-order valence-corrected chi connectivity index (χ3v) is 7.01. The summed E-state index contributed by atoms with van der Waals surface area (Å²) in [5, 5.41) is 0. The summed E-state index contributed by atoms with van der Waals surface area (Å²) in [6.07, 6.45) is 7.25. The molecule has 2 aliphatic rings. The number of pyridine rings is 1. The molecule has 1 spiro atoms. The van der Waals surface area contributed by atoms with Gasteiger partial charge in [-0.3, -0.25) is 19.6 Å². The zero-order valence-electron chi connectivity index (χ0n) is 19.8. The fourth-order valence-electron chi connectivity index (χ4n) is 5.05. The van der Waals surface area contributed by atoms with Crippen molar-refractivity contribution in [1.82, 2.24) is 19.7 Å². The number of nitrogens with zero attached hydrogens (tertiary/aromatic N) is 4. The highest BCUT2D eigenvalue weighted by molar-refractivity contribution is 6.07. The Morgan fingerprint density at radius 3 is 2.20 bits per heavy atom. The van der Waals surface area contributed by atoms with Gasteiger partial charge >= 0.3 is 6.03 Å². The Morgan fingerprint density at radius 2 is 1.51 bits per heavy atom. The second-order valence-corrected chi connectivity index (χ2v) is 9.21. The van der Waals surface area contributed by atoms with Gasteiger partial charge in [0.1, 0.15) is 5.54 Å². The van der Waals surface area contributed by atoms with E-state index in [1.54, 1.807) is 6.20 Å². The molecule has 1 aromatic heterocycles. The summed E-state index contributed by atoms with van der Waals surface area (Å²) in [4.78, 5) is 37.3. The number of amides is 3. The summed E-state index contributed by atoms with van der Waals surface area (Å²) in [7, 11) is 0. The van der Waals surface area contributed by atoms with E-state index >= 15 is 0 Å². The van der Waals surface area contributed by atoms with Gasteiger partial charge in [0.25, 0.3) is 5.91 Å². The van der Waals surface area contributed by atoms with Crippen LogP contribution in [0.2, 0.25) is 0 Å². The quantitative estimate of drug-likeness (QED) is 0.478. The molecule has 2 saturated heterocycles. The first-order chi connectivity index (χ1) is 17.2. The molecule has 0 saturated carbocycles. The van der Waals surface area contributed by atoms with E-state index < -0.39 is 5.54 Å². The van der Waals surface area contributed by atoms with Gasteiger partial charge in [0.15, 0.2) is 0 Å². The van der Waals surface area contributed by atoms with E-state index in [0.717, 1.165) is 30.9 Å². The smallest absolute Gasteiger partial charge is 0.305 e. The molecule has 0 N–H and O–H groups in total. The maximum Gasteiger partial charge on any atom is 0.328 e. The maximum atomic E-state index is 13.8. The Bertz CT molecular complexity index is 1170. The van der Waals surface area contributed by atoms with Crippen LogP contribution in [0.4, 0.5) is 4.79 Å². The molecule has 3 heterocycles. The molecular weight excluding hydrogens is 436 g/mol. The summed E-state index contributed by atoms with van der Waals surface area (Å²) < 4.78 is 0. The Morgan fingerprint density at radius 1 is 0.829 bits per heavy atom. The monoisotopic (exact) mass is 466 g/mol. The van der Waals surface area contributed by atoms with Crippen LogP contribution in [0.1, 0.15) is 29.7 Å². The van der Waals surface area contributed by atoms with Crippen molar-refractivity contribution in [2.24, 2.45) is 0 Å². The second kappa shape index (κ2) is 10.2. The lowest BCUT2D eigenvalue weighted by Crippen LogP contribution is -2.56. The van der Waals surface area contributed by atoms with Crippen molar-refractivity contribution in [1.29, 1.82) is 0 Å². The van der Waals surface area contributed by atoms with Crippen LogP contribution in [0, 0.1) is 0 Å². The van der Waals surface area contributed by atoms with Crippen molar-refractivity contribution in [3.63, 3.8) is 0 Å². The van der Waals surface area contributed by atoms with E-state index in [1.807, 2.05) is 71.6 Å². The number of aromatic nitrogens is 1. The number of likely N-dealkylation sites (tertiary alicyclic amines) is 1. The number of rotatable bonds is 7. The van der Waals surface area contributed by atoms with Crippen molar-refractivity contribution >= 4 is 18.0 Å². The van der Waals surface area contributed by atoms with Gasteiger partial charge in [0.2, 0.25) is 0 Å². The Balaban J connectivity index is 1.33. The molecule has 5 rings (SSSR count). The van der Waals surface area contributed by atoms with Crippen molar-refractivity contribution in [3.8, 4) is 0 Å². The molecule has 2 aromatic carbocycles. The van der Waals surface area contributed by atoms with Crippen LogP contribution < -0.4 is 0 Å². The minimum Gasteiger partial charge on any atom is -0.305 e. The molecule has 0 radical (unpaired) electrons. The summed E-state index contributed by atoms with van der Waals surface area (Å²) in [5.41, 5.74) is 2.12. The molecule has 3 amide bonds. The fourth-order valence-corrected chi connectivity index (χ4v) is 5.05. The lowest BCUT2D eigenvalue weighted by Gasteiger charge is -2.42. The molecule has 0 unspecified atom stereocenters. The summed E-state index contributed by atoms with van der Waals surface area (Å²) in [5.74, 6) is -0.0939. The Hall–Kier alpha value is -3.77. The zero-order valence-corrected chi connectivity index (χ0v) is 19.8. The van der Waals surface area contributed by atoms with Gasteiger partial charge in [0, 0.05) is 32.4 Å². The van der Waals surface area contributed by atoms with Crippen LogP contribution in [-0.2, 0) is 17.9 Å². The Labute approximate surface area is 206 Å². The molecule has 178 valence electrons. The summed E-state index contributed by atoms with van der Waals surface area (Å²) in [6, 6.07) is 25.5. The first-order valence-corrected chi connectivity index (χ1v) is 12.2. The highest BCUT2D eigenvalue weighted by Crippen LogP contribution is 2.39. The van der Waals surface area contributed by atoms with Gasteiger partial charge in [-0.05, 0) is 36.1 Å². The van der Waals surface area contributed by atoms with E-state index in [2.05, 4.69) is 34.2 Å². The molecule has 0 aliphatic carbocycles. The number of benzene rings is 2. The van der Waals surface area contributed by atoms with Crippen molar-refractivity contribution in [3.05, 3.63) is 108 Å². The normalized spacial score (nSPS) is 18.2. The lowest BCUT2D eigenvalue weighted by molar-refractivity contribution is -0.136. The average Bonchev–Trinajstić information content (AvgIpc) is 3.08.